The molecular formula is C24H27N3O6. The van der Waals surface area contributed by atoms with Crippen molar-refractivity contribution in [2.45, 2.75) is 44.7 Å². The van der Waals surface area contributed by atoms with Gasteiger partial charge in [0.1, 0.15) is 18.6 Å². The van der Waals surface area contributed by atoms with Crippen molar-refractivity contribution in [1.29, 1.82) is 0 Å². The highest BCUT2D eigenvalue weighted by Gasteiger charge is 2.41. The predicted octanol–water partition coefficient (Wildman–Crippen LogP) is 2.97. The van der Waals surface area contributed by atoms with E-state index in [-0.39, 0.29) is 19.4 Å². The Morgan fingerprint density at radius 1 is 1.18 bits per heavy atom. The minimum absolute atomic E-state index is 0.114. The van der Waals surface area contributed by atoms with Gasteiger partial charge in [-0.15, -0.1) is 4.91 Å². The molecule has 1 aliphatic rings. The van der Waals surface area contributed by atoms with E-state index in [2.05, 4.69) is 5.29 Å². The Bertz CT molecular complexity index is 997. The van der Waals surface area contributed by atoms with Crippen LogP contribution < -0.4 is 4.90 Å². The molecule has 0 radical (unpaired) electrons. The summed E-state index contributed by atoms with van der Waals surface area (Å²) in [7, 11) is 0. The predicted molar refractivity (Wildman–Crippen MR) is 121 cm³/mol. The number of carboxylic acids is 1. The van der Waals surface area contributed by atoms with Gasteiger partial charge in [-0.25, -0.2) is 9.80 Å². The number of fused-ring (bicyclic) bond motifs is 1. The number of benzene rings is 2. The average molecular weight is 453 g/mol. The lowest BCUT2D eigenvalue weighted by Gasteiger charge is -2.32. The molecule has 0 bridgehead atoms. The van der Waals surface area contributed by atoms with Crippen molar-refractivity contribution in [1.82, 2.24) is 5.01 Å². The zero-order valence-corrected chi connectivity index (χ0v) is 18.4. The van der Waals surface area contributed by atoms with Gasteiger partial charge in [-0.3, -0.25) is 14.5 Å². The number of nitroso groups, excluding NO2 is 1. The second-order valence-electron chi connectivity index (χ2n) is 7.76. The minimum Gasteiger partial charge on any atom is -0.480 e. The Balaban J connectivity index is 1.92. The number of amides is 1. The number of aryl methyl sites for hydroxylation is 2. The lowest BCUT2D eigenvalue weighted by molar-refractivity contribution is -0.152. The number of rotatable bonds is 10. The van der Waals surface area contributed by atoms with Crippen molar-refractivity contribution < 1.29 is 24.2 Å². The van der Waals surface area contributed by atoms with Crippen molar-refractivity contribution in [3.05, 3.63) is 70.6 Å². The van der Waals surface area contributed by atoms with E-state index >= 15 is 0 Å². The highest BCUT2D eigenvalue weighted by Crippen LogP contribution is 2.30. The molecule has 33 heavy (non-hydrogen) atoms. The van der Waals surface area contributed by atoms with Crippen LogP contribution in [-0.2, 0) is 32.0 Å². The molecule has 0 aromatic heterocycles. The lowest BCUT2D eigenvalue weighted by Crippen LogP contribution is -2.53. The quantitative estimate of drug-likeness (QED) is 0.334. The summed E-state index contributed by atoms with van der Waals surface area (Å²) in [5.74, 6) is -2.42. The molecule has 0 aliphatic carbocycles. The second kappa shape index (κ2) is 11.2. The molecule has 1 amide bonds. The van der Waals surface area contributed by atoms with Crippen LogP contribution in [0.2, 0.25) is 0 Å². The molecule has 1 heterocycles. The van der Waals surface area contributed by atoms with Gasteiger partial charge >= 0.3 is 11.9 Å². The maximum atomic E-state index is 13.5. The molecule has 2 aromatic carbocycles. The number of carboxylic acid groups (broad SMARTS) is 1. The number of carbonyl (C=O) groups excluding carboxylic acids is 2. The highest BCUT2D eigenvalue weighted by atomic mass is 16.5. The van der Waals surface area contributed by atoms with Crippen LogP contribution in [-0.4, -0.2) is 53.2 Å². The Morgan fingerprint density at radius 3 is 2.55 bits per heavy atom. The SMILES string of the molecule is CCOC(=O)[C@H](CCc1ccccc1)N(N=O)[C@H]1CCc2ccccc2N(CC(=O)O)C1=O. The second-order valence-corrected chi connectivity index (χ2v) is 7.76. The maximum absolute atomic E-state index is 13.5. The van der Waals surface area contributed by atoms with Crippen LogP contribution in [0.3, 0.4) is 0 Å². The number of ether oxygens (including phenoxy) is 1. The number of hydrogen-bond acceptors (Lipinski definition) is 6. The summed E-state index contributed by atoms with van der Waals surface area (Å²) in [4.78, 5) is 50.9. The van der Waals surface area contributed by atoms with Gasteiger partial charge < -0.3 is 9.84 Å². The Morgan fingerprint density at radius 2 is 1.88 bits per heavy atom. The largest absolute Gasteiger partial charge is 0.480 e. The topological polar surface area (TPSA) is 117 Å². The number of nitrogens with zero attached hydrogens (tertiary/aromatic N) is 3. The number of anilines is 1. The zero-order chi connectivity index (χ0) is 23.8. The van der Waals surface area contributed by atoms with Gasteiger partial charge in [0.2, 0.25) is 0 Å². The lowest BCUT2D eigenvalue weighted by atomic mass is 10.0. The third-order valence-corrected chi connectivity index (χ3v) is 5.65. The minimum atomic E-state index is -1.18. The van der Waals surface area contributed by atoms with Crippen LogP contribution in [0, 0.1) is 4.91 Å². The summed E-state index contributed by atoms with van der Waals surface area (Å²) in [6, 6.07) is 14.3. The Labute approximate surface area is 191 Å². The monoisotopic (exact) mass is 453 g/mol. The molecule has 9 nitrogen and oxygen atoms in total. The first-order chi connectivity index (χ1) is 16.0. The molecule has 1 N–H and O–H groups in total. The average Bonchev–Trinajstić information content (AvgIpc) is 2.94. The van der Waals surface area contributed by atoms with E-state index in [0.29, 0.717) is 18.5 Å². The van der Waals surface area contributed by atoms with Crippen LogP contribution in [0.5, 0.6) is 0 Å². The number of carbonyl (C=O) groups is 3. The number of para-hydroxylation sites is 1. The summed E-state index contributed by atoms with van der Waals surface area (Å²) in [6.07, 6.45) is 1.31. The normalized spacial score (nSPS) is 16.3. The third-order valence-electron chi connectivity index (χ3n) is 5.65. The van der Waals surface area contributed by atoms with Gasteiger partial charge in [0, 0.05) is 5.69 Å². The molecule has 0 unspecified atom stereocenters. The Hall–Kier alpha value is -3.75. The van der Waals surface area contributed by atoms with Crippen LogP contribution in [0.25, 0.3) is 0 Å². The fraction of sp³-hybridized carbons (Fsp3) is 0.375. The molecule has 3 rings (SSSR count). The number of aliphatic carboxylic acids is 1. The van der Waals surface area contributed by atoms with Crippen LogP contribution in [0.4, 0.5) is 5.69 Å². The zero-order valence-electron chi connectivity index (χ0n) is 18.4. The van der Waals surface area contributed by atoms with Gasteiger partial charge in [0.25, 0.3) is 5.91 Å². The van der Waals surface area contributed by atoms with Crippen LogP contribution in [0.1, 0.15) is 30.9 Å². The van der Waals surface area contributed by atoms with E-state index in [1.807, 2.05) is 36.4 Å². The van der Waals surface area contributed by atoms with Crippen LogP contribution >= 0.6 is 0 Å². The third kappa shape index (κ3) is 5.74. The smallest absolute Gasteiger partial charge is 0.330 e. The number of esters is 1. The van der Waals surface area contributed by atoms with Crippen molar-refractivity contribution in [2.75, 3.05) is 18.1 Å². The summed E-state index contributed by atoms with van der Waals surface area (Å²) < 4.78 is 5.19. The van der Waals surface area contributed by atoms with Gasteiger partial charge in [-0.05, 0) is 49.8 Å². The fourth-order valence-electron chi connectivity index (χ4n) is 4.12. The molecule has 1 aliphatic heterocycles. The fourth-order valence-corrected chi connectivity index (χ4v) is 4.12. The molecule has 0 spiro atoms. The first-order valence-corrected chi connectivity index (χ1v) is 10.9. The highest BCUT2D eigenvalue weighted by molar-refractivity contribution is 6.02. The molecular weight excluding hydrogens is 426 g/mol. The molecule has 0 saturated carbocycles. The van der Waals surface area contributed by atoms with E-state index in [1.165, 1.54) is 0 Å². The van der Waals surface area contributed by atoms with Gasteiger partial charge in [0.15, 0.2) is 0 Å². The van der Waals surface area contributed by atoms with Crippen molar-refractivity contribution >= 4 is 23.5 Å². The van der Waals surface area contributed by atoms with E-state index in [4.69, 9.17) is 4.74 Å². The van der Waals surface area contributed by atoms with E-state index in [1.54, 1.807) is 25.1 Å². The number of hydrogen-bond donors (Lipinski definition) is 1. The molecule has 0 fully saturated rings. The molecule has 174 valence electrons. The first kappa shape index (κ1) is 23.9. The van der Waals surface area contributed by atoms with Crippen molar-refractivity contribution in [3.63, 3.8) is 0 Å². The maximum Gasteiger partial charge on any atom is 0.330 e. The Kier molecular flexibility index (Phi) is 8.12. The van der Waals surface area contributed by atoms with Crippen LogP contribution in [0.15, 0.2) is 59.9 Å². The standard InChI is InChI=1S/C24H27N3O6/c1-2-33-24(31)21(14-12-17-8-4-3-5-9-17)27(25-32)20-15-13-18-10-6-7-11-19(18)26(23(20)30)16-22(28)29/h3-11,20-21H,2,12-16H2,1H3,(H,28,29)/t20-,21-/m0/s1. The van der Waals surface area contributed by atoms with Crippen molar-refractivity contribution in [2.24, 2.45) is 5.29 Å². The van der Waals surface area contributed by atoms with E-state index in [0.717, 1.165) is 21.0 Å². The van der Waals surface area contributed by atoms with E-state index in [9.17, 15) is 24.4 Å². The molecule has 2 aromatic rings. The summed E-state index contributed by atoms with van der Waals surface area (Å²) in [5, 5.41) is 13.4. The summed E-state index contributed by atoms with van der Waals surface area (Å²) in [6.45, 7) is 1.21. The molecule has 9 heteroatoms. The molecule has 2 atom stereocenters. The summed E-state index contributed by atoms with van der Waals surface area (Å²) >= 11 is 0. The van der Waals surface area contributed by atoms with Gasteiger partial charge in [-0.1, -0.05) is 48.5 Å². The van der Waals surface area contributed by atoms with Gasteiger partial charge in [-0.2, -0.15) is 0 Å². The summed E-state index contributed by atoms with van der Waals surface area (Å²) in [5.41, 5.74) is 2.23. The van der Waals surface area contributed by atoms with Crippen molar-refractivity contribution in [3.8, 4) is 0 Å². The molecule has 0 saturated heterocycles. The van der Waals surface area contributed by atoms with E-state index < -0.39 is 36.5 Å². The van der Waals surface area contributed by atoms with Gasteiger partial charge in [0.05, 0.1) is 11.9 Å². The first-order valence-electron chi connectivity index (χ1n) is 10.9.